The van der Waals surface area contributed by atoms with Crippen LogP contribution in [0.3, 0.4) is 0 Å². The lowest BCUT2D eigenvalue weighted by molar-refractivity contribution is 0.0195. The molecule has 1 aliphatic heterocycles. The summed E-state index contributed by atoms with van der Waals surface area (Å²) in [6.45, 7) is 9.02. The van der Waals surface area contributed by atoms with Crippen LogP contribution < -0.4 is 5.32 Å². The summed E-state index contributed by atoms with van der Waals surface area (Å²) in [5.41, 5.74) is -0.441. The molecule has 3 heteroatoms. The van der Waals surface area contributed by atoms with Gasteiger partial charge in [-0.1, -0.05) is 32.6 Å². The van der Waals surface area contributed by atoms with E-state index in [0.29, 0.717) is 6.04 Å². The highest BCUT2D eigenvalue weighted by molar-refractivity contribution is 4.87. The third-order valence-corrected chi connectivity index (χ3v) is 5.48. The standard InChI is InChI=1S/C17H34N2O/c1-3-19-12-8-9-16(13-19)15(2)18-14-17(20)10-6-4-5-7-11-17/h15-16,18,20H,3-14H2,1-2H3. The van der Waals surface area contributed by atoms with Crippen molar-refractivity contribution >= 4 is 0 Å². The molecule has 0 aromatic rings. The van der Waals surface area contributed by atoms with Crippen LogP contribution in [0.5, 0.6) is 0 Å². The molecule has 0 radical (unpaired) electrons. The van der Waals surface area contributed by atoms with E-state index in [-0.39, 0.29) is 0 Å². The highest BCUT2D eigenvalue weighted by atomic mass is 16.3. The van der Waals surface area contributed by atoms with Gasteiger partial charge in [-0.25, -0.2) is 0 Å². The Morgan fingerprint density at radius 1 is 1.20 bits per heavy atom. The molecule has 0 aromatic carbocycles. The molecule has 1 saturated carbocycles. The largest absolute Gasteiger partial charge is 0.389 e. The topological polar surface area (TPSA) is 35.5 Å². The Hall–Kier alpha value is -0.120. The van der Waals surface area contributed by atoms with Crippen molar-refractivity contribution in [1.29, 1.82) is 0 Å². The van der Waals surface area contributed by atoms with Crippen LogP contribution in [0.2, 0.25) is 0 Å². The van der Waals surface area contributed by atoms with Crippen LogP contribution in [-0.2, 0) is 0 Å². The molecule has 0 spiro atoms. The lowest BCUT2D eigenvalue weighted by Crippen LogP contribution is -2.49. The normalized spacial score (nSPS) is 29.9. The van der Waals surface area contributed by atoms with Crippen LogP contribution in [-0.4, -0.2) is 47.8 Å². The van der Waals surface area contributed by atoms with Crippen molar-refractivity contribution in [2.75, 3.05) is 26.2 Å². The zero-order valence-electron chi connectivity index (χ0n) is 13.5. The number of likely N-dealkylation sites (tertiary alicyclic amines) is 1. The number of piperidine rings is 1. The predicted octanol–water partition coefficient (Wildman–Crippen LogP) is 2.78. The van der Waals surface area contributed by atoms with E-state index in [4.69, 9.17) is 0 Å². The van der Waals surface area contributed by atoms with E-state index < -0.39 is 5.60 Å². The van der Waals surface area contributed by atoms with E-state index in [1.165, 1.54) is 58.2 Å². The maximum atomic E-state index is 10.7. The summed E-state index contributed by atoms with van der Waals surface area (Å²) in [7, 11) is 0. The molecule has 2 atom stereocenters. The Kier molecular flexibility index (Phi) is 6.31. The van der Waals surface area contributed by atoms with E-state index in [2.05, 4.69) is 24.1 Å². The molecule has 2 unspecified atom stereocenters. The van der Waals surface area contributed by atoms with Gasteiger partial charge < -0.3 is 15.3 Å². The minimum atomic E-state index is -0.441. The molecule has 3 nitrogen and oxygen atoms in total. The SMILES string of the molecule is CCN1CCCC(C(C)NCC2(O)CCCCCC2)C1. The van der Waals surface area contributed by atoms with Gasteiger partial charge in [0.2, 0.25) is 0 Å². The first-order chi connectivity index (χ1) is 9.63. The van der Waals surface area contributed by atoms with Crippen LogP contribution >= 0.6 is 0 Å². The Morgan fingerprint density at radius 2 is 1.90 bits per heavy atom. The van der Waals surface area contributed by atoms with Gasteiger partial charge in [0.1, 0.15) is 0 Å². The fraction of sp³-hybridized carbons (Fsp3) is 1.00. The Bertz CT molecular complexity index is 274. The van der Waals surface area contributed by atoms with Gasteiger partial charge in [-0.05, 0) is 51.6 Å². The summed E-state index contributed by atoms with van der Waals surface area (Å²) in [6, 6.07) is 0.525. The lowest BCUT2D eigenvalue weighted by Gasteiger charge is -2.37. The van der Waals surface area contributed by atoms with E-state index in [1.807, 2.05) is 0 Å². The number of nitrogens with zero attached hydrogens (tertiary/aromatic N) is 1. The van der Waals surface area contributed by atoms with Gasteiger partial charge >= 0.3 is 0 Å². The molecule has 0 aromatic heterocycles. The summed E-state index contributed by atoms with van der Waals surface area (Å²) in [5.74, 6) is 0.748. The van der Waals surface area contributed by atoms with Crippen LogP contribution in [0.4, 0.5) is 0 Å². The minimum Gasteiger partial charge on any atom is -0.389 e. The number of aliphatic hydroxyl groups is 1. The van der Waals surface area contributed by atoms with Gasteiger partial charge in [0.25, 0.3) is 0 Å². The van der Waals surface area contributed by atoms with Gasteiger partial charge in [-0.3, -0.25) is 0 Å². The summed E-state index contributed by atoms with van der Waals surface area (Å²) in [4.78, 5) is 2.56. The second kappa shape index (κ2) is 7.77. The van der Waals surface area contributed by atoms with Crippen molar-refractivity contribution in [2.45, 2.75) is 76.9 Å². The van der Waals surface area contributed by atoms with Crippen molar-refractivity contribution in [3.05, 3.63) is 0 Å². The average Bonchev–Trinajstić information content (AvgIpc) is 2.70. The first-order valence-electron chi connectivity index (χ1n) is 8.81. The molecule has 0 bridgehead atoms. The van der Waals surface area contributed by atoms with Gasteiger partial charge in [0, 0.05) is 19.1 Å². The van der Waals surface area contributed by atoms with E-state index >= 15 is 0 Å². The smallest absolute Gasteiger partial charge is 0.0771 e. The average molecular weight is 282 g/mol. The van der Waals surface area contributed by atoms with E-state index in [0.717, 1.165) is 25.3 Å². The maximum absolute atomic E-state index is 10.7. The molecule has 0 amide bonds. The molecule has 2 N–H and O–H groups in total. The van der Waals surface area contributed by atoms with Gasteiger partial charge in [-0.2, -0.15) is 0 Å². The van der Waals surface area contributed by atoms with E-state index in [9.17, 15) is 5.11 Å². The molecule has 2 fully saturated rings. The molecule has 2 aliphatic rings. The van der Waals surface area contributed by atoms with Gasteiger partial charge in [-0.15, -0.1) is 0 Å². The summed E-state index contributed by atoms with van der Waals surface area (Å²) < 4.78 is 0. The quantitative estimate of drug-likeness (QED) is 0.761. The van der Waals surface area contributed by atoms with Crippen LogP contribution in [0.25, 0.3) is 0 Å². The second-order valence-corrected chi connectivity index (χ2v) is 7.10. The Labute approximate surface area is 125 Å². The molecule has 20 heavy (non-hydrogen) atoms. The minimum absolute atomic E-state index is 0.441. The zero-order valence-corrected chi connectivity index (χ0v) is 13.5. The van der Waals surface area contributed by atoms with Crippen molar-refractivity contribution in [3.8, 4) is 0 Å². The summed E-state index contributed by atoms with van der Waals surface area (Å²) >= 11 is 0. The van der Waals surface area contributed by atoms with Crippen LogP contribution in [0, 0.1) is 5.92 Å². The van der Waals surface area contributed by atoms with E-state index in [1.54, 1.807) is 0 Å². The molecular weight excluding hydrogens is 248 g/mol. The predicted molar refractivity (Wildman–Crippen MR) is 85.0 cm³/mol. The van der Waals surface area contributed by atoms with Gasteiger partial charge in [0.15, 0.2) is 0 Å². The van der Waals surface area contributed by atoms with Crippen molar-refractivity contribution in [1.82, 2.24) is 10.2 Å². The zero-order chi connectivity index (χ0) is 14.4. The molecule has 118 valence electrons. The highest BCUT2D eigenvalue weighted by Crippen LogP contribution is 2.27. The Morgan fingerprint density at radius 3 is 2.55 bits per heavy atom. The highest BCUT2D eigenvalue weighted by Gasteiger charge is 2.30. The first-order valence-corrected chi connectivity index (χ1v) is 8.81. The monoisotopic (exact) mass is 282 g/mol. The van der Waals surface area contributed by atoms with Crippen molar-refractivity contribution < 1.29 is 5.11 Å². The molecule has 1 saturated heterocycles. The second-order valence-electron chi connectivity index (χ2n) is 7.10. The number of hydrogen-bond donors (Lipinski definition) is 2. The summed E-state index contributed by atoms with van der Waals surface area (Å²) in [5, 5.41) is 14.4. The number of nitrogens with one attached hydrogen (secondary N) is 1. The first kappa shape index (κ1) is 16.3. The van der Waals surface area contributed by atoms with Crippen molar-refractivity contribution in [3.63, 3.8) is 0 Å². The maximum Gasteiger partial charge on any atom is 0.0771 e. The molecular formula is C17H34N2O. The van der Waals surface area contributed by atoms with Crippen molar-refractivity contribution in [2.24, 2.45) is 5.92 Å². The molecule has 1 aliphatic carbocycles. The summed E-state index contributed by atoms with van der Waals surface area (Å²) in [6.07, 6.45) is 9.62. The Balaban J connectivity index is 1.77. The van der Waals surface area contributed by atoms with Crippen LogP contribution in [0.1, 0.15) is 65.2 Å². The number of hydrogen-bond acceptors (Lipinski definition) is 3. The third kappa shape index (κ3) is 4.71. The third-order valence-electron chi connectivity index (χ3n) is 5.48. The fourth-order valence-corrected chi connectivity index (χ4v) is 3.87. The fourth-order valence-electron chi connectivity index (χ4n) is 3.87. The number of rotatable bonds is 5. The lowest BCUT2D eigenvalue weighted by atomic mass is 9.89. The van der Waals surface area contributed by atoms with Crippen LogP contribution in [0.15, 0.2) is 0 Å². The molecule has 1 heterocycles. The van der Waals surface area contributed by atoms with Gasteiger partial charge in [0.05, 0.1) is 5.60 Å². The molecule has 2 rings (SSSR count).